The molecule has 0 aliphatic carbocycles. The van der Waals surface area contributed by atoms with Gasteiger partial charge in [-0.15, -0.1) is 0 Å². The highest BCUT2D eigenvalue weighted by molar-refractivity contribution is 6.02. The molecule has 3 aromatic heterocycles. The number of methoxy groups -OCH3 is 1. The number of nitrogens with zero attached hydrogens (tertiary/aromatic N) is 4. The van der Waals surface area contributed by atoms with E-state index in [1.54, 1.807) is 23.9 Å². The first kappa shape index (κ1) is 20.0. The zero-order valence-corrected chi connectivity index (χ0v) is 18.2. The third-order valence-electron chi connectivity index (χ3n) is 5.69. The van der Waals surface area contributed by atoms with Crippen LogP contribution in [0.2, 0.25) is 0 Å². The van der Waals surface area contributed by atoms with Crippen LogP contribution in [0, 0.1) is 0 Å². The van der Waals surface area contributed by atoms with Crippen LogP contribution in [0.15, 0.2) is 65.7 Å². The number of benzene rings is 2. The van der Waals surface area contributed by atoms with Gasteiger partial charge in [-0.1, -0.05) is 18.2 Å². The summed E-state index contributed by atoms with van der Waals surface area (Å²) in [6, 6.07) is 14.8. The van der Waals surface area contributed by atoms with Crippen LogP contribution in [0.5, 0.6) is 17.2 Å². The van der Waals surface area contributed by atoms with Crippen molar-refractivity contribution < 1.29 is 14.2 Å². The van der Waals surface area contributed by atoms with Gasteiger partial charge in [0.05, 0.1) is 41.8 Å². The Hall–Kier alpha value is -4.60. The monoisotopic (exact) mass is 456 g/mol. The Morgan fingerprint density at radius 3 is 2.91 bits per heavy atom. The minimum Gasteiger partial charge on any atom is -0.497 e. The van der Waals surface area contributed by atoms with Crippen LogP contribution in [0.1, 0.15) is 0 Å². The van der Waals surface area contributed by atoms with Gasteiger partial charge in [-0.05, 0) is 24.3 Å². The molecule has 170 valence electrons. The Labute approximate surface area is 193 Å². The first-order chi connectivity index (χ1) is 16.7. The van der Waals surface area contributed by atoms with Gasteiger partial charge in [0.2, 0.25) is 5.95 Å². The minimum absolute atomic E-state index is 0.218. The average Bonchev–Trinajstić information content (AvgIpc) is 3.38. The molecule has 2 aromatic carbocycles. The van der Waals surface area contributed by atoms with Crippen LogP contribution in [-0.4, -0.2) is 51.1 Å². The average molecular weight is 456 g/mol. The lowest BCUT2D eigenvalue weighted by molar-refractivity contribution is 0.0996. The number of hydrogen-bond acceptors (Lipinski definition) is 8. The van der Waals surface area contributed by atoms with Crippen LogP contribution in [0.3, 0.4) is 0 Å². The number of nitrogens with one attached hydrogen (secondary N) is 2. The molecular weight excluding hydrogens is 436 g/mol. The van der Waals surface area contributed by atoms with E-state index < -0.39 is 0 Å². The number of aromatic nitrogens is 5. The predicted octanol–water partition coefficient (Wildman–Crippen LogP) is 2.92. The second-order valence-corrected chi connectivity index (χ2v) is 7.81. The molecule has 1 atom stereocenters. The first-order valence-corrected chi connectivity index (χ1v) is 10.7. The van der Waals surface area contributed by atoms with Crippen molar-refractivity contribution in [2.24, 2.45) is 0 Å². The van der Waals surface area contributed by atoms with Crippen molar-refractivity contribution in [1.29, 1.82) is 0 Å². The third-order valence-corrected chi connectivity index (χ3v) is 5.69. The van der Waals surface area contributed by atoms with Crippen molar-refractivity contribution in [2.45, 2.75) is 6.10 Å². The minimum atomic E-state index is -0.241. The summed E-state index contributed by atoms with van der Waals surface area (Å²) in [6.45, 7) is 0.830. The van der Waals surface area contributed by atoms with Crippen LogP contribution >= 0.6 is 0 Å². The molecule has 1 aliphatic heterocycles. The Morgan fingerprint density at radius 2 is 2.03 bits per heavy atom. The van der Waals surface area contributed by atoms with Crippen molar-refractivity contribution in [3.63, 3.8) is 0 Å². The second-order valence-electron chi connectivity index (χ2n) is 7.81. The molecular formula is C24H20N6O4. The molecule has 0 saturated carbocycles. The number of para-hydroxylation sites is 2. The van der Waals surface area contributed by atoms with E-state index in [-0.39, 0.29) is 11.7 Å². The molecule has 1 aliphatic rings. The first-order valence-electron chi connectivity index (χ1n) is 10.7. The largest absolute Gasteiger partial charge is 0.497 e. The fourth-order valence-corrected chi connectivity index (χ4v) is 4.03. The number of hydrogen-bond donors (Lipinski definition) is 2. The second kappa shape index (κ2) is 8.07. The topological polar surface area (TPSA) is 116 Å². The Balaban J connectivity index is 1.38. The highest BCUT2D eigenvalue weighted by Gasteiger charge is 2.21. The third kappa shape index (κ3) is 3.36. The van der Waals surface area contributed by atoms with Gasteiger partial charge in [0.15, 0.2) is 17.1 Å². The summed E-state index contributed by atoms with van der Waals surface area (Å²) < 4.78 is 18.7. The van der Waals surface area contributed by atoms with E-state index in [1.165, 1.54) is 6.20 Å². The van der Waals surface area contributed by atoms with Crippen LogP contribution in [0.25, 0.3) is 27.6 Å². The van der Waals surface area contributed by atoms with Gasteiger partial charge >= 0.3 is 0 Å². The number of aromatic amines is 1. The lowest BCUT2D eigenvalue weighted by atomic mass is 10.2. The number of H-pyrrole nitrogens is 1. The molecule has 10 heteroatoms. The summed E-state index contributed by atoms with van der Waals surface area (Å²) in [4.78, 5) is 22.5. The summed E-state index contributed by atoms with van der Waals surface area (Å²) in [5, 5.41) is 11.3. The molecule has 5 aromatic rings. The molecule has 0 bridgehead atoms. The SMILES string of the molecule is COc1cccc(-n2c(=O)c3cn[nH]c3c3cnc(NC[C@H]4COc5ccccc5O4)nc32)c1. The van der Waals surface area contributed by atoms with Gasteiger partial charge < -0.3 is 19.5 Å². The maximum atomic E-state index is 13.4. The van der Waals surface area contributed by atoms with E-state index in [2.05, 4.69) is 25.5 Å². The van der Waals surface area contributed by atoms with Crippen molar-refractivity contribution in [2.75, 3.05) is 25.6 Å². The Morgan fingerprint density at radius 1 is 1.15 bits per heavy atom. The zero-order chi connectivity index (χ0) is 23.1. The van der Waals surface area contributed by atoms with E-state index in [4.69, 9.17) is 14.2 Å². The number of fused-ring (bicyclic) bond motifs is 4. The predicted molar refractivity (Wildman–Crippen MR) is 126 cm³/mol. The lowest BCUT2D eigenvalue weighted by Gasteiger charge is -2.26. The highest BCUT2D eigenvalue weighted by atomic mass is 16.6. The van der Waals surface area contributed by atoms with E-state index in [0.29, 0.717) is 58.2 Å². The van der Waals surface area contributed by atoms with Gasteiger partial charge in [0.25, 0.3) is 5.56 Å². The van der Waals surface area contributed by atoms with E-state index in [1.807, 2.05) is 42.5 Å². The molecule has 6 rings (SSSR count). The van der Waals surface area contributed by atoms with Crippen molar-refractivity contribution in [3.05, 3.63) is 71.3 Å². The lowest BCUT2D eigenvalue weighted by Crippen LogP contribution is -2.35. The van der Waals surface area contributed by atoms with Crippen LogP contribution in [-0.2, 0) is 0 Å². The van der Waals surface area contributed by atoms with Crippen molar-refractivity contribution >= 4 is 27.9 Å². The number of anilines is 1. The molecule has 2 N–H and O–H groups in total. The van der Waals surface area contributed by atoms with Gasteiger partial charge in [-0.3, -0.25) is 14.5 Å². The number of ether oxygens (including phenoxy) is 3. The standard InChI is InChI=1S/C24H20N6O4/c1-32-15-6-4-5-14(9-15)30-22-17(21-18(23(30)31)12-27-29-21)11-26-24(28-22)25-10-16-13-33-19-7-2-3-8-20(19)34-16/h2-9,11-12,16H,10,13H2,1H3,(H,27,29)(H,25,26,28)/t16-/m0/s1. The normalized spacial score (nSPS) is 14.9. The molecule has 0 saturated heterocycles. The summed E-state index contributed by atoms with van der Waals surface area (Å²) in [7, 11) is 1.58. The van der Waals surface area contributed by atoms with Crippen LogP contribution in [0.4, 0.5) is 5.95 Å². The summed E-state index contributed by atoms with van der Waals surface area (Å²) >= 11 is 0. The van der Waals surface area contributed by atoms with E-state index in [0.717, 1.165) is 5.75 Å². The zero-order valence-electron chi connectivity index (χ0n) is 18.2. The maximum absolute atomic E-state index is 13.4. The summed E-state index contributed by atoms with van der Waals surface area (Å²) in [5.41, 5.74) is 1.42. The molecule has 0 unspecified atom stereocenters. The molecule has 0 spiro atoms. The molecule has 0 radical (unpaired) electrons. The molecule has 0 amide bonds. The van der Waals surface area contributed by atoms with E-state index >= 15 is 0 Å². The fourth-order valence-electron chi connectivity index (χ4n) is 4.03. The maximum Gasteiger partial charge on any atom is 0.267 e. The van der Waals surface area contributed by atoms with Gasteiger partial charge in [-0.2, -0.15) is 10.1 Å². The van der Waals surface area contributed by atoms with Gasteiger partial charge in [-0.25, -0.2) is 4.98 Å². The highest BCUT2D eigenvalue weighted by Crippen LogP contribution is 2.31. The molecule has 0 fully saturated rings. The van der Waals surface area contributed by atoms with Crippen molar-refractivity contribution in [1.82, 2.24) is 24.7 Å². The molecule has 34 heavy (non-hydrogen) atoms. The van der Waals surface area contributed by atoms with Gasteiger partial charge in [0.1, 0.15) is 18.5 Å². The van der Waals surface area contributed by atoms with Gasteiger partial charge in [0, 0.05) is 12.3 Å². The number of pyridine rings is 1. The van der Waals surface area contributed by atoms with E-state index in [9.17, 15) is 4.79 Å². The quantitative estimate of drug-likeness (QED) is 0.415. The molecule has 4 heterocycles. The Bertz CT molecular complexity index is 1580. The van der Waals surface area contributed by atoms with Crippen LogP contribution < -0.4 is 25.1 Å². The Kier molecular flexibility index (Phi) is 4.76. The number of rotatable bonds is 5. The summed E-state index contributed by atoms with van der Waals surface area (Å²) in [6.07, 6.45) is 2.97. The fraction of sp³-hybridized carbons (Fsp3) is 0.167. The van der Waals surface area contributed by atoms with Crippen molar-refractivity contribution in [3.8, 4) is 22.9 Å². The molecule has 10 nitrogen and oxygen atoms in total. The smallest absolute Gasteiger partial charge is 0.267 e. The summed E-state index contributed by atoms with van der Waals surface area (Å²) in [5.74, 6) is 2.43.